The molecule has 9 heteroatoms. The van der Waals surface area contributed by atoms with Crippen LogP contribution in [0.25, 0.3) is 0 Å². The Kier molecular flexibility index (Phi) is 6.11. The van der Waals surface area contributed by atoms with Crippen LogP contribution in [0.1, 0.15) is 37.1 Å². The Hall–Kier alpha value is -2.23. The van der Waals surface area contributed by atoms with Crippen LogP contribution in [0, 0.1) is 5.41 Å². The van der Waals surface area contributed by atoms with E-state index in [2.05, 4.69) is 5.32 Å². The number of thiophene rings is 1. The number of carboxylic acid groups (broad SMARTS) is 1. The van der Waals surface area contributed by atoms with Crippen LogP contribution in [-0.2, 0) is 32.6 Å². The van der Waals surface area contributed by atoms with Gasteiger partial charge in [-0.05, 0) is 47.0 Å². The number of aliphatic carboxylic acids is 1. The van der Waals surface area contributed by atoms with Crippen LogP contribution in [-0.4, -0.2) is 36.3 Å². The highest BCUT2D eigenvalue weighted by atomic mass is 32.2. The molecule has 0 saturated carbocycles. The molecule has 0 unspecified atom stereocenters. The summed E-state index contributed by atoms with van der Waals surface area (Å²) in [6.45, 7) is 4.18. The number of hydrogen-bond donors (Lipinski definition) is 2. The molecule has 1 aliphatic heterocycles. The van der Waals surface area contributed by atoms with Gasteiger partial charge in [0, 0.05) is 30.1 Å². The molecule has 156 valence electrons. The fourth-order valence-corrected chi connectivity index (χ4v) is 5.78. The smallest absolute Gasteiger partial charge is 0.303 e. The molecular formula is C20H24N2O5S2. The molecule has 7 nitrogen and oxygen atoms in total. The molecule has 0 aliphatic carbocycles. The average molecular weight is 437 g/mol. The van der Waals surface area contributed by atoms with Gasteiger partial charge in [-0.25, -0.2) is 8.42 Å². The van der Waals surface area contributed by atoms with Crippen LogP contribution in [0.2, 0.25) is 0 Å². The van der Waals surface area contributed by atoms with Gasteiger partial charge in [0.05, 0.1) is 11.3 Å². The SMILES string of the molecule is CC(C)(CC(=O)O)CC(=O)Nc1cccc(S(=O)(=O)N2CCc3sccc3C2)c1. The van der Waals surface area contributed by atoms with Gasteiger partial charge in [-0.3, -0.25) is 9.59 Å². The van der Waals surface area contributed by atoms with Gasteiger partial charge >= 0.3 is 5.97 Å². The number of rotatable bonds is 7. The minimum Gasteiger partial charge on any atom is -0.481 e. The zero-order valence-corrected chi connectivity index (χ0v) is 18.0. The van der Waals surface area contributed by atoms with E-state index in [1.54, 1.807) is 37.3 Å². The predicted octanol–water partition coefficient (Wildman–Crippen LogP) is 3.32. The molecule has 2 aromatic rings. The summed E-state index contributed by atoms with van der Waals surface area (Å²) in [6, 6.07) is 8.12. The van der Waals surface area contributed by atoms with Crippen molar-refractivity contribution in [2.45, 2.75) is 44.6 Å². The van der Waals surface area contributed by atoms with E-state index in [4.69, 9.17) is 5.11 Å². The van der Waals surface area contributed by atoms with E-state index in [1.165, 1.54) is 21.3 Å². The number of sulfonamides is 1. The molecular weight excluding hydrogens is 412 g/mol. The van der Waals surface area contributed by atoms with Gasteiger partial charge in [0.2, 0.25) is 15.9 Å². The van der Waals surface area contributed by atoms with Crippen molar-refractivity contribution in [2.24, 2.45) is 5.41 Å². The molecule has 0 bridgehead atoms. The van der Waals surface area contributed by atoms with Gasteiger partial charge in [-0.1, -0.05) is 19.9 Å². The topological polar surface area (TPSA) is 104 Å². The maximum atomic E-state index is 13.1. The number of carbonyl (C=O) groups excluding carboxylic acids is 1. The van der Waals surface area contributed by atoms with Gasteiger partial charge in [-0.2, -0.15) is 4.31 Å². The summed E-state index contributed by atoms with van der Waals surface area (Å²) < 4.78 is 27.6. The van der Waals surface area contributed by atoms with E-state index >= 15 is 0 Å². The Balaban J connectivity index is 1.72. The van der Waals surface area contributed by atoms with Crippen molar-refractivity contribution >= 4 is 38.9 Å². The summed E-state index contributed by atoms with van der Waals surface area (Å²) >= 11 is 1.65. The van der Waals surface area contributed by atoms with E-state index in [0.29, 0.717) is 25.2 Å². The average Bonchev–Trinajstić information content (AvgIpc) is 3.07. The maximum absolute atomic E-state index is 13.1. The first-order chi connectivity index (χ1) is 13.6. The van der Waals surface area contributed by atoms with Crippen molar-refractivity contribution in [3.63, 3.8) is 0 Å². The lowest BCUT2D eigenvalue weighted by atomic mass is 9.85. The Morgan fingerprint density at radius 2 is 2.00 bits per heavy atom. The number of fused-ring (bicyclic) bond motifs is 1. The standard InChI is InChI=1S/C20H24N2O5S2/c1-20(2,12-19(24)25)11-18(23)21-15-4-3-5-16(10-15)29(26,27)22-8-6-17-14(13-22)7-9-28-17/h3-5,7,9-10H,6,8,11-13H2,1-2H3,(H,21,23)(H,24,25). The molecule has 1 aromatic carbocycles. The molecule has 1 aromatic heterocycles. The molecule has 0 radical (unpaired) electrons. The van der Waals surface area contributed by atoms with Crippen LogP contribution < -0.4 is 5.32 Å². The number of benzene rings is 1. The molecule has 2 N–H and O–H groups in total. The van der Waals surface area contributed by atoms with Crippen LogP contribution in [0.5, 0.6) is 0 Å². The third kappa shape index (κ3) is 5.23. The number of anilines is 1. The van der Waals surface area contributed by atoms with Crippen molar-refractivity contribution in [1.29, 1.82) is 0 Å². The number of nitrogens with zero attached hydrogens (tertiary/aromatic N) is 1. The van der Waals surface area contributed by atoms with Crippen molar-refractivity contribution in [1.82, 2.24) is 4.31 Å². The monoisotopic (exact) mass is 436 g/mol. The summed E-state index contributed by atoms with van der Waals surface area (Å²) in [7, 11) is -3.68. The number of carbonyl (C=O) groups is 2. The van der Waals surface area contributed by atoms with Crippen LogP contribution >= 0.6 is 11.3 Å². The van der Waals surface area contributed by atoms with Crippen molar-refractivity contribution in [3.05, 3.63) is 46.2 Å². The molecule has 3 rings (SSSR count). The first kappa shape index (κ1) is 21.5. The lowest BCUT2D eigenvalue weighted by Crippen LogP contribution is -2.35. The summed E-state index contributed by atoms with van der Waals surface area (Å²) in [5.41, 5.74) is 0.705. The quantitative estimate of drug-likeness (QED) is 0.693. The van der Waals surface area contributed by atoms with E-state index in [9.17, 15) is 18.0 Å². The third-order valence-electron chi connectivity index (χ3n) is 4.80. The minimum atomic E-state index is -3.68. The lowest BCUT2D eigenvalue weighted by Gasteiger charge is -2.26. The highest BCUT2D eigenvalue weighted by molar-refractivity contribution is 7.89. The van der Waals surface area contributed by atoms with Gasteiger partial charge in [0.15, 0.2) is 0 Å². The minimum absolute atomic E-state index is 0.0172. The Bertz CT molecular complexity index is 1030. The van der Waals surface area contributed by atoms with Gasteiger partial charge in [-0.15, -0.1) is 11.3 Å². The van der Waals surface area contributed by atoms with Gasteiger partial charge in [0.25, 0.3) is 0 Å². The first-order valence-electron chi connectivity index (χ1n) is 9.24. The number of nitrogens with one attached hydrogen (secondary N) is 1. The lowest BCUT2D eigenvalue weighted by molar-refractivity contribution is -0.139. The number of amides is 1. The Morgan fingerprint density at radius 3 is 2.72 bits per heavy atom. The van der Waals surface area contributed by atoms with E-state index < -0.39 is 21.4 Å². The Labute approximate surface area is 174 Å². The van der Waals surface area contributed by atoms with E-state index in [0.717, 1.165) is 5.56 Å². The fraction of sp³-hybridized carbons (Fsp3) is 0.400. The molecule has 0 saturated heterocycles. The van der Waals surface area contributed by atoms with Crippen molar-refractivity contribution in [3.8, 4) is 0 Å². The summed E-state index contributed by atoms with van der Waals surface area (Å²) in [5.74, 6) is -1.32. The summed E-state index contributed by atoms with van der Waals surface area (Å²) in [4.78, 5) is 24.6. The van der Waals surface area contributed by atoms with Crippen LogP contribution in [0.3, 0.4) is 0 Å². The van der Waals surface area contributed by atoms with Crippen LogP contribution in [0.4, 0.5) is 5.69 Å². The predicted molar refractivity (Wildman–Crippen MR) is 111 cm³/mol. The zero-order chi connectivity index (χ0) is 21.2. The van der Waals surface area contributed by atoms with Crippen molar-refractivity contribution in [2.75, 3.05) is 11.9 Å². The largest absolute Gasteiger partial charge is 0.481 e. The number of hydrogen-bond acceptors (Lipinski definition) is 5. The molecule has 0 fully saturated rings. The number of carboxylic acids is 1. The van der Waals surface area contributed by atoms with Gasteiger partial charge < -0.3 is 10.4 Å². The zero-order valence-electron chi connectivity index (χ0n) is 16.3. The summed E-state index contributed by atoms with van der Waals surface area (Å²) in [5, 5.41) is 13.6. The highest BCUT2D eigenvalue weighted by Gasteiger charge is 2.29. The van der Waals surface area contributed by atoms with Crippen LogP contribution in [0.15, 0.2) is 40.6 Å². The molecule has 1 amide bonds. The van der Waals surface area contributed by atoms with E-state index in [1.807, 2.05) is 11.4 Å². The fourth-order valence-electron chi connectivity index (χ4n) is 3.42. The molecule has 1 aliphatic rings. The maximum Gasteiger partial charge on any atom is 0.303 e. The molecule has 2 heterocycles. The summed E-state index contributed by atoms with van der Waals surface area (Å²) in [6.07, 6.45) is 0.582. The highest BCUT2D eigenvalue weighted by Crippen LogP contribution is 2.29. The van der Waals surface area contributed by atoms with E-state index in [-0.39, 0.29) is 23.6 Å². The van der Waals surface area contributed by atoms with Crippen molar-refractivity contribution < 1.29 is 23.1 Å². The van der Waals surface area contributed by atoms with Gasteiger partial charge in [0.1, 0.15) is 0 Å². The second-order valence-corrected chi connectivity index (χ2v) is 10.9. The second-order valence-electron chi connectivity index (χ2n) is 7.95. The molecule has 0 atom stereocenters. The normalized spacial score (nSPS) is 15.0. The second kappa shape index (κ2) is 8.25. The molecule has 29 heavy (non-hydrogen) atoms. The molecule has 0 spiro atoms. The first-order valence-corrected chi connectivity index (χ1v) is 11.6. The third-order valence-corrected chi connectivity index (χ3v) is 7.66. The Morgan fingerprint density at radius 1 is 1.24 bits per heavy atom.